The highest BCUT2D eigenvalue weighted by Crippen LogP contribution is 2.03. The van der Waals surface area contributed by atoms with E-state index in [4.69, 9.17) is 4.74 Å². The van der Waals surface area contributed by atoms with Crippen LogP contribution in [0.5, 0.6) is 0 Å². The zero-order chi connectivity index (χ0) is 16.5. The zero-order valence-electron chi connectivity index (χ0n) is 12.7. The van der Waals surface area contributed by atoms with Gasteiger partial charge in [0.15, 0.2) is 0 Å². The standard InChI is InChI=1S/C16H19N3O4/c20-11-8-19(16(22)17-18-9-12-23-13-10-18)15(21)7-6-14-4-2-1-3-5-14/h1-7,11H,8-10,12-13H2,(H,17,22). The molecule has 3 amide bonds. The number of aldehydes is 1. The fourth-order valence-electron chi connectivity index (χ4n) is 2.04. The average Bonchev–Trinajstić information content (AvgIpc) is 2.59. The van der Waals surface area contributed by atoms with Crippen molar-refractivity contribution in [1.29, 1.82) is 0 Å². The summed E-state index contributed by atoms with van der Waals surface area (Å²) in [6.45, 7) is 1.79. The number of hydrogen-bond acceptors (Lipinski definition) is 5. The fraction of sp³-hybridized carbons (Fsp3) is 0.312. The summed E-state index contributed by atoms with van der Waals surface area (Å²) in [5, 5.41) is 1.66. The van der Waals surface area contributed by atoms with Crippen LogP contribution in [0.1, 0.15) is 5.56 Å². The molecule has 0 atom stereocenters. The number of benzene rings is 1. The predicted molar refractivity (Wildman–Crippen MR) is 84.2 cm³/mol. The second kappa shape index (κ2) is 8.82. The van der Waals surface area contributed by atoms with Crippen molar-refractivity contribution in [1.82, 2.24) is 15.3 Å². The van der Waals surface area contributed by atoms with E-state index in [2.05, 4.69) is 5.43 Å². The summed E-state index contributed by atoms with van der Waals surface area (Å²) in [6, 6.07) is 8.61. The number of hydrogen-bond donors (Lipinski definition) is 1. The van der Waals surface area contributed by atoms with E-state index in [1.165, 1.54) is 6.08 Å². The van der Waals surface area contributed by atoms with Crippen LogP contribution >= 0.6 is 0 Å². The number of hydrazine groups is 1. The molecule has 7 heteroatoms. The van der Waals surface area contributed by atoms with Crippen molar-refractivity contribution in [2.24, 2.45) is 0 Å². The Kier molecular flexibility index (Phi) is 6.46. The largest absolute Gasteiger partial charge is 0.379 e. The van der Waals surface area contributed by atoms with Crippen LogP contribution in [-0.2, 0) is 14.3 Å². The van der Waals surface area contributed by atoms with Gasteiger partial charge in [-0.15, -0.1) is 0 Å². The van der Waals surface area contributed by atoms with Crippen LogP contribution < -0.4 is 5.43 Å². The van der Waals surface area contributed by atoms with Crippen molar-refractivity contribution in [3.63, 3.8) is 0 Å². The zero-order valence-corrected chi connectivity index (χ0v) is 12.7. The Morgan fingerprint density at radius 1 is 1.22 bits per heavy atom. The van der Waals surface area contributed by atoms with Crippen molar-refractivity contribution < 1.29 is 19.1 Å². The van der Waals surface area contributed by atoms with E-state index in [-0.39, 0.29) is 6.54 Å². The highest BCUT2D eigenvalue weighted by Gasteiger charge is 2.22. The minimum absolute atomic E-state index is 0.297. The number of rotatable bonds is 5. The van der Waals surface area contributed by atoms with Crippen LogP contribution in [0.3, 0.4) is 0 Å². The molecule has 0 aliphatic carbocycles. The number of carbonyl (C=O) groups excluding carboxylic acids is 3. The first-order chi connectivity index (χ1) is 11.2. The Morgan fingerprint density at radius 3 is 2.57 bits per heavy atom. The first-order valence-electron chi connectivity index (χ1n) is 7.32. The molecular formula is C16H19N3O4. The lowest BCUT2D eigenvalue weighted by Gasteiger charge is -2.29. The average molecular weight is 317 g/mol. The van der Waals surface area contributed by atoms with Gasteiger partial charge in [0.05, 0.1) is 19.8 Å². The molecule has 0 saturated carbocycles. The van der Waals surface area contributed by atoms with E-state index >= 15 is 0 Å². The van der Waals surface area contributed by atoms with E-state index < -0.39 is 11.9 Å². The third kappa shape index (κ3) is 5.32. The number of urea groups is 1. The van der Waals surface area contributed by atoms with E-state index in [0.717, 1.165) is 10.5 Å². The first-order valence-corrected chi connectivity index (χ1v) is 7.32. The summed E-state index contributed by atoms with van der Waals surface area (Å²) in [5.41, 5.74) is 3.44. The van der Waals surface area contributed by atoms with Gasteiger partial charge in [-0.2, -0.15) is 0 Å². The molecule has 1 aromatic carbocycles. The first kappa shape index (κ1) is 16.9. The maximum Gasteiger partial charge on any atom is 0.339 e. The van der Waals surface area contributed by atoms with E-state index in [0.29, 0.717) is 32.6 Å². The number of nitrogens with one attached hydrogen (secondary N) is 1. The summed E-state index contributed by atoms with van der Waals surface area (Å²) in [6.07, 6.45) is 3.40. The van der Waals surface area contributed by atoms with Gasteiger partial charge in [-0.3, -0.25) is 15.1 Å². The lowest BCUT2D eigenvalue weighted by molar-refractivity contribution is -0.125. The Morgan fingerprint density at radius 2 is 1.91 bits per heavy atom. The molecular weight excluding hydrogens is 298 g/mol. The monoisotopic (exact) mass is 317 g/mol. The number of ether oxygens (including phenoxy) is 1. The summed E-state index contributed by atoms with van der Waals surface area (Å²) in [4.78, 5) is 36.0. The van der Waals surface area contributed by atoms with Gasteiger partial charge in [0, 0.05) is 19.2 Å². The second-order valence-electron chi connectivity index (χ2n) is 4.88. The van der Waals surface area contributed by atoms with Crippen LogP contribution in [0.2, 0.25) is 0 Å². The molecule has 0 aromatic heterocycles. The SMILES string of the molecule is O=CCN(C(=O)C=Cc1ccccc1)C(=O)NN1CCOCC1. The molecule has 0 bridgehead atoms. The molecule has 1 saturated heterocycles. The van der Waals surface area contributed by atoms with Gasteiger partial charge in [0.2, 0.25) is 0 Å². The molecule has 23 heavy (non-hydrogen) atoms. The predicted octanol–water partition coefficient (Wildman–Crippen LogP) is 0.684. The number of carbonyl (C=O) groups is 3. The number of morpholine rings is 1. The topological polar surface area (TPSA) is 79.0 Å². The molecule has 1 aliphatic rings. The maximum absolute atomic E-state index is 12.2. The minimum atomic E-state index is -0.623. The second-order valence-corrected chi connectivity index (χ2v) is 4.88. The highest BCUT2D eigenvalue weighted by molar-refractivity contribution is 6.03. The summed E-state index contributed by atoms with van der Waals surface area (Å²) in [5.74, 6) is -0.549. The minimum Gasteiger partial charge on any atom is -0.379 e. The van der Waals surface area contributed by atoms with Gasteiger partial charge in [-0.05, 0) is 11.6 Å². The molecule has 1 fully saturated rings. The van der Waals surface area contributed by atoms with Gasteiger partial charge < -0.3 is 9.53 Å². The maximum atomic E-state index is 12.2. The van der Waals surface area contributed by atoms with E-state index in [1.54, 1.807) is 11.1 Å². The highest BCUT2D eigenvalue weighted by atomic mass is 16.5. The van der Waals surface area contributed by atoms with Crippen molar-refractivity contribution in [3.05, 3.63) is 42.0 Å². The van der Waals surface area contributed by atoms with Crippen molar-refractivity contribution in [2.75, 3.05) is 32.8 Å². The lowest BCUT2D eigenvalue weighted by atomic mass is 10.2. The molecule has 0 spiro atoms. The van der Waals surface area contributed by atoms with Crippen LogP contribution in [0, 0.1) is 0 Å². The third-order valence-corrected chi connectivity index (χ3v) is 3.25. The fourth-order valence-corrected chi connectivity index (χ4v) is 2.04. The number of amides is 3. The van der Waals surface area contributed by atoms with Crippen molar-refractivity contribution in [3.8, 4) is 0 Å². The molecule has 0 radical (unpaired) electrons. The Labute approximate surface area is 134 Å². The van der Waals surface area contributed by atoms with Gasteiger partial charge in [-0.1, -0.05) is 30.3 Å². The molecule has 1 heterocycles. The van der Waals surface area contributed by atoms with E-state index in [1.807, 2.05) is 30.3 Å². The number of imide groups is 1. The quantitative estimate of drug-likeness (QED) is 0.638. The third-order valence-electron chi connectivity index (χ3n) is 3.25. The molecule has 122 valence electrons. The van der Waals surface area contributed by atoms with Gasteiger partial charge >= 0.3 is 6.03 Å². The van der Waals surface area contributed by atoms with Crippen LogP contribution in [0.25, 0.3) is 6.08 Å². The Bertz CT molecular complexity index is 568. The van der Waals surface area contributed by atoms with Gasteiger partial charge in [-0.25, -0.2) is 9.80 Å². The van der Waals surface area contributed by atoms with E-state index in [9.17, 15) is 14.4 Å². The van der Waals surface area contributed by atoms with Gasteiger partial charge in [0.1, 0.15) is 6.29 Å². The normalized spacial score (nSPS) is 15.3. The van der Waals surface area contributed by atoms with Crippen LogP contribution in [-0.4, -0.2) is 61.0 Å². The molecule has 2 rings (SSSR count). The Balaban J connectivity index is 1.98. The smallest absolute Gasteiger partial charge is 0.339 e. The summed E-state index contributed by atoms with van der Waals surface area (Å²) in [7, 11) is 0. The Hall–Kier alpha value is -2.51. The summed E-state index contributed by atoms with van der Waals surface area (Å²) >= 11 is 0. The molecule has 1 aliphatic heterocycles. The summed E-state index contributed by atoms with van der Waals surface area (Å²) < 4.78 is 5.18. The van der Waals surface area contributed by atoms with Crippen molar-refractivity contribution in [2.45, 2.75) is 0 Å². The molecule has 0 unspecified atom stereocenters. The van der Waals surface area contributed by atoms with Gasteiger partial charge in [0.25, 0.3) is 5.91 Å². The molecule has 1 aromatic rings. The molecule has 7 nitrogen and oxygen atoms in total. The van der Waals surface area contributed by atoms with Crippen LogP contribution in [0.4, 0.5) is 4.79 Å². The molecule has 1 N–H and O–H groups in total. The van der Waals surface area contributed by atoms with Crippen LogP contribution in [0.15, 0.2) is 36.4 Å². The number of nitrogens with zero attached hydrogens (tertiary/aromatic N) is 2. The van der Waals surface area contributed by atoms with Crippen molar-refractivity contribution >= 4 is 24.3 Å². The lowest BCUT2D eigenvalue weighted by Crippen LogP contribution is -2.54.